The first-order chi connectivity index (χ1) is 22.6. The molecule has 0 rings (SSSR count). The fourth-order valence-corrected chi connectivity index (χ4v) is 6.72. The van der Waals surface area contributed by atoms with Crippen LogP contribution in [0.5, 0.6) is 0 Å². The van der Waals surface area contributed by atoms with Gasteiger partial charge in [0.25, 0.3) is 0 Å². The lowest BCUT2D eigenvalue weighted by atomic mass is 10.0. The molecule has 4 heteroatoms. The largest absolute Gasteiger partial charge is 0.481 e. The number of unbranched alkanes of at least 4 members (excludes halogenated alkanes) is 30. The predicted molar refractivity (Wildman–Crippen MR) is 200 cm³/mol. The van der Waals surface area contributed by atoms with Crippen molar-refractivity contribution >= 4 is 11.9 Å². The normalized spacial score (nSPS) is 12.0. The molecule has 0 amide bonds. The Morgan fingerprint density at radius 2 is 0.652 bits per heavy atom. The van der Waals surface area contributed by atoms with Crippen molar-refractivity contribution in [1.29, 1.82) is 0 Å². The van der Waals surface area contributed by atoms with E-state index in [9.17, 15) is 9.59 Å². The molecule has 1 unspecified atom stereocenters. The standard InChI is InChI=1S/C42H82O4/c1-3-5-7-9-11-13-15-16-17-18-19-20-21-22-24-26-28-30-35-39-42(45)46-40(37-33-31-34-38-41(43)44)36-32-29-27-25-23-14-12-10-8-6-4-2/h40H,3-39H2,1-2H3,(H,43,44). The van der Waals surface area contributed by atoms with Crippen molar-refractivity contribution in [2.24, 2.45) is 0 Å². The Kier molecular flexibility index (Phi) is 37.5. The molecule has 0 saturated heterocycles. The van der Waals surface area contributed by atoms with Crippen LogP contribution in [0.1, 0.15) is 251 Å². The Bertz CT molecular complexity index is 619. The zero-order valence-electron chi connectivity index (χ0n) is 31.4. The lowest BCUT2D eigenvalue weighted by molar-refractivity contribution is -0.150. The van der Waals surface area contributed by atoms with Crippen LogP contribution in [-0.2, 0) is 14.3 Å². The van der Waals surface area contributed by atoms with Gasteiger partial charge in [0.2, 0.25) is 0 Å². The second-order valence-corrected chi connectivity index (χ2v) is 14.5. The number of carbonyl (C=O) groups excluding carboxylic acids is 1. The number of rotatable bonds is 39. The fourth-order valence-electron chi connectivity index (χ4n) is 6.72. The minimum atomic E-state index is -0.719. The van der Waals surface area contributed by atoms with E-state index in [1.807, 2.05) is 0 Å². The van der Waals surface area contributed by atoms with E-state index in [0.717, 1.165) is 44.9 Å². The molecular weight excluding hydrogens is 568 g/mol. The second kappa shape index (κ2) is 38.4. The molecule has 0 aliphatic heterocycles. The maximum Gasteiger partial charge on any atom is 0.306 e. The number of carbonyl (C=O) groups is 2. The second-order valence-electron chi connectivity index (χ2n) is 14.5. The van der Waals surface area contributed by atoms with E-state index in [0.29, 0.717) is 12.8 Å². The van der Waals surface area contributed by atoms with E-state index in [4.69, 9.17) is 9.84 Å². The van der Waals surface area contributed by atoms with Crippen molar-refractivity contribution in [3.63, 3.8) is 0 Å². The Morgan fingerprint density at radius 3 is 0.978 bits per heavy atom. The van der Waals surface area contributed by atoms with Gasteiger partial charge in [-0.2, -0.15) is 0 Å². The summed E-state index contributed by atoms with van der Waals surface area (Å²) in [7, 11) is 0. The number of hydrogen-bond acceptors (Lipinski definition) is 3. The van der Waals surface area contributed by atoms with Gasteiger partial charge in [-0.15, -0.1) is 0 Å². The van der Waals surface area contributed by atoms with Crippen molar-refractivity contribution in [1.82, 2.24) is 0 Å². The summed E-state index contributed by atoms with van der Waals surface area (Å²) in [4.78, 5) is 23.4. The summed E-state index contributed by atoms with van der Waals surface area (Å²) >= 11 is 0. The molecule has 0 fully saturated rings. The Balaban J connectivity index is 3.80. The number of esters is 1. The Labute approximate surface area is 288 Å². The van der Waals surface area contributed by atoms with E-state index in [1.165, 1.54) is 173 Å². The molecule has 0 aromatic rings. The van der Waals surface area contributed by atoms with E-state index >= 15 is 0 Å². The van der Waals surface area contributed by atoms with Crippen molar-refractivity contribution in [2.45, 2.75) is 258 Å². The van der Waals surface area contributed by atoms with Crippen LogP contribution in [0.3, 0.4) is 0 Å². The topological polar surface area (TPSA) is 63.6 Å². The summed E-state index contributed by atoms with van der Waals surface area (Å²) in [6, 6.07) is 0. The summed E-state index contributed by atoms with van der Waals surface area (Å²) < 4.78 is 5.95. The van der Waals surface area contributed by atoms with Crippen LogP contribution in [0.2, 0.25) is 0 Å². The third kappa shape index (κ3) is 37.4. The van der Waals surface area contributed by atoms with Crippen LogP contribution in [0.15, 0.2) is 0 Å². The summed E-state index contributed by atoms with van der Waals surface area (Å²) in [5.74, 6) is -0.742. The smallest absolute Gasteiger partial charge is 0.306 e. The monoisotopic (exact) mass is 651 g/mol. The van der Waals surface area contributed by atoms with Gasteiger partial charge in [-0.25, -0.2) is 0 Å². The SMILES string of the molecule is CCCCCCCCCCCCCCCCCCCCCC(=O)OC(CCCCCCCCCCCCC)CCCCCC(=O)O. The highest BCUT2D eigenvalue weighted by Gasteiger charge is 2.14. The van der Waals surface area contributed by atoms with Crippen LogP contribution < -0.4 is 0 Å². The van der Waals surface area contributed by atoms with E-state index in [2.05, 4.69) is 13.8 Å². The van der Waals surface area contributed by atoms with Gasteiger partial charge in [-0.1, -0.05) is 200 Å². The molecule has 274 valence electrons. The third-order valence-corrected chi connectivity index (χ3v) is 9.83. The first-order valence-corrected chi connectivity index (χ1v) is 21.0. The number of aliphatic carboxylic acids is 1. The highest BCUT2D eigenvalue weighted by molar-refractivity contribution is 5.69. The predicted octanol–water partition coefficient (Wildman–Crippen LogP) is 14.5. The number of ether oxygens (including phenoxy) is 1. The molecule has 4 nitrogen and oxygen atoms in total. The molecule has 0 aliphatic rings. The van der Waals surface area contributed by atoms with Crippen molar-refractivity contribution in [2.75, 3.05) is 0 Å². The molecule has 46 heavy (non-hydrogen) atoms. The molecule has 0 aromatic carbocycles. The zero-order chi connectivity index (χ0) is 33.6. The highest BCUT2D eigenvalue weighted by atomic mass is 16.5. The van der Waals surface area contributed by atoms with Gasteiger partial charge in [0, 0.05) is 12.8 Å². The fraction of sp³-hybridized carbons (Fsp3) is 0.952. The molecular formula is C42H82O4. The van der Waals surface area contributed by atoms with Gasteiger partial charge in [0.05, 0.1) is 0 Å². The molecule has 1 atom stereocenters. The van der Waals surface area contributed by atoms with Gasteiger partial charge >= 0.3 is 11.9 Å². The third-order valence-electron chi connectivity index (χ3n) is 9.83. The molecule has 0 radical (unpaired) electrons. The summed E-state index contributed by atoms with van der Waals surface area (Å²) in [5.41, 5.74) is 0. The lowest BCUT2D eigenvalue weighted by Gasteiger charge is -2.18. The Morgan fingerprint density at radius 1 is 0.391 bits per heavy atom. The minimum absolute atomic E-state index is 0.0104. The van der Waals surface area contributed by atoms with Crippen LogP contribution in [-0.4, -0.2) is 23.1 Å². The molecule has 0 saturated carbocycles. The van der Waals surface area contributed by atoms with Gasteiger partial charge in [0.1, 0.15) is 6.10 Å². The lowest BCUT2D eigenvalue weighted by Crippen LogP contribution is -2.18. The zero-order valence-corrected chi connectivity index (χ0v) is 31.4. The molecule has 1 N–H and O–H groups in total. The highest BCUT2D eigenvalue weighted by Crippen LogP contribution is 2.19. The van der Waals surface area contributed by atoms with Crippen LogP contribution in [0, 0.1) is 0 Å². The maximum absolute atomic E-state index is 12.6. The quantitative estimate of drug-likeness (QED) is 0.0531. The number of carboxylic acids is 1. The first-order valence-electron chi connectivity index (χ1n) is 21.0. The maximum atomic E-state index is 12.6. The average molecular weight is 651 g/mol. The van der Waals surface area contributed by atoms with Gasteiger partial charge in [0.15, 0.2) is 0 Å². The van der Waals surface area contributed by atoms with Gasteiger partial charge in [-0.3, -0.25) is 9.59 Å². The summed E-state index contributed by atoms with van der Waals surface area (Å²) in [6.45, 7) is 4.56. The summed E-state index contributed by atoms with van der Waals surface area (Å²) in [5, 5.41) is 8.89. The van der Waals surface area contributed by atoms with E-state index < -0.39 is 5.97 Å². The van der Waals surface area contributed by atoms with Crippen LogP contribution >= 0.6 is 0 Å². The van der Waals surface area contributed by atoms with E-state index in [1.54, 1.807) is 0 Å². The van der Waals surface area contributed by atoms with Gasteiger partial charge < -0.3 is 9.84 Å². The van der Waals surface area contributed by atoms with Crippen molar-refractivity contribution < 1.29 is 19.4 Å². The molecule has 0 aliphatic carbocycles. The summed E-state index contributed by atoms with van der Waals surface area (Å²) in [6.07, 6.45) is 45.6. The Hall–Kier alpha value is -1.06. The average Bonchev–Trinajstić information content (AvgIpc) is 3.04. The molecule has 0 bridgehead atoms. The van der Waals surface area contributed by atoms with Gasteiger partial charge in [-0.05, 0) is 38.5 Å². The minimum Gasteiger partial charge on any atom is -0.481 e. The van der Waals surface area contributed by atoms with Crippen molar-refractivity contribution in [3.8, 4) is 0 Å². The van der Waals surface area contributed by atoms with Crippen LogP contribution in [0.25, 0.3) is 0 Å². The molecule has 0 heterocycles. The number of carboxylic acid groups (broad SMARTS) is 1. The molecule has 0 aromatic heterocycles. The van der Waals surface area contributed by atoms with Crippen LogP contribution in [0.4, 0.5) is 0 Å². The van der Waals surface area contributed by atoms with E-state index in [-0.39, 0.29) is 18.5 Å². The molecule has 0 spiro atoms. The van der Waals surface area contributed by atoms with Crippen molar-refractivity contribution in [3.05, 3.63) is 0 Å². The number of hydrogen-bond donors (Lipinski definition) is 1. The first kappa shape index (κ1) is 44.9.